The molecule has 7 nitrogen and oxygen atoms in total. The van der Waals surface area contributed by atoms with Gasteiger partial charge in [0.1, 0.15) is 17.4 Å². The maximum atomic E-state index is 12.9. The van der Waals surface area contributed by atoms with Crippen molar-refractivity contribution < 1.29 is 9.21 Å². The lowest BCUT2D eigenvalue weighted by Crippen LogP contribution is -2.39. The molecular weight excluding hydrogens is 320 g/mol. The molecule has 3 aromatic rings. The van der Waals surface area contributed by atoms with Crippen LogP contribution in [0.2, 0.25) is 0 Å². The van der Waals surface area contributed by atoms with Gasteiger partial charge in [-0.2, -0.15) is 5.10 Å². The minimum Gasteiger partial charge on any atom is -0.463 e. The Morgan fingerprint density at radius 1 is 1.36 bits per heavy atom. The van der Waals surface area contributed by atoms with Gasteiger partial charge >= 0.3 is 0 Å². The number of rotatable bonds is 6. The molecular formula is C18H24N4O3. The van der Waals surface area contributed by atoms with E-state index in [1.54, 1.807) is 31.2 Å². The summed E-state index contributed by atoms with van der Waals surface area (Å²) in [5.41, 5.74) is 1.67. The predicted octanol–water partition coefficient (Wildman–Crippen LogP) is 2.62. The number of nitrogens with zero attached hydrogens (tertiary/aromatic N) is 4. The number of carbonyl (C=O) groups is 1. The quantitative estimate of drug-likeness (QED) is 0.689. The molecule has 0 N–H and O–H groups in total. The second-order valence-electron chi connectivity index (χ2n) is 6.34. The van der Waals surface area contributed by atoms with Gasteiger partial charge < -0.3 is 9.32 Å². The Morgan fingerprint density at radius 3 is 2.80 bits per heavy atom. The third-order valence-corrected chi connectivity index (χ3v) is 4.60. The van der Waals surface area contributed by atoms with Crippen LogP contribution in [0.4, 0.5) is 0 Å². The number of amides is 1. The molecule has 0 spiro atoms. The maximum Gasteiger partial charge on any atom is 0.291 e. The number of likely N-dealkylation sites (N-methyl/N-ethyl adjacent to an activating group) is 1. The van der Waals surface area contributed by atoms with Gasteiger partial charge in [-0.05, 0) is 13.3 Å². The predicted molar refractivity (Wildman–Crippen MR) is 95.9 cm³/mol. The molecule has 0 aliphatic heterocycles. The molecule has 0 aliphatic carbocycles. The van der Waals surface area contributed by atoms with Crippen LogP contribution in [0.3, 0.4) is 0 Å². The highest BCUT2D eigenvalue weighted by molar-refractivity contribution is 5.83. The summed E-state index contributed by atoms with van der Waals surface area (Å²) in [6.07, 6.45) is 4.18. The van der Waals surface area contributed by atoms with Crippen molar-refractivity contribution in [3.05, 3.63) is 34.6 Å². The Balaban J connectivity index is 2.08. The first-order valence-corrected chi connectivity index (χ1v) is 8.74. The van der Waals surface area contributed by atoms with Gasteiger partial charge in [0.05, 0.1) is 11.8 Å². The van der Waals surface area contributed by atoms with Gasteiger partial charge in [0, 0.05) is 32.1 Å². The van der Waals surface area contributed by atoms with E-state index in [0.29, 0.717) is 24.1 Å². The number of aryl methyl sites for hydroxylation is 1. The van der Waals surface area contributed by atoms with Gasteiger partial charge in [0.25, 0.3) is 5.56 Å². The summed E-state index contributed by atoms with van der Waals surface area (Å²) in [4.78, 5) is 27.2. The molecule has 0 saturated heterocycles. The van der Waals surface area contributed by atoms with Crippen molar-refractivity contribution in [1.29, 1.82) is 0 Å². The average molecular weight is 344 g/mol. The Kier molecular flexibility index (Phi) is 4.65. The van der Waals surface area contributed by atoms with Crippen molar-refractivity contribution in [3.63, 3.8) is 0 Å². The van der Waals surface area contributed by atoms with Gasteiger partial charge in [0.2, 0.25) is 5.91 Å². The van der Waals surface area contributed by atoms with E-state index in [0.717, 1.165) is 24.2 Å². The number of furan rings is 1. The molecule has 7 heteroatoms. The molecule has 0 saturated carbocycles. The Bertz CT molecular complexity index is 966. The highest BCUT2D eigenvalue weighted by Crippen LogP contribution is 2.21. The molecule has 134 valence electrons. The van der Waals surface area contributed by atoms with E-state index in [1.165, 1.54) is 4.68 Å². The molecule has 0 radical (unpaired) electrons. The zero-order valence-corrected chi connectivity index (χ0v) is 15.2. The van der Waals surface area contributed by atoms with E-state index in [-0.39, 0.29) is 11.5 Å². The van der Waals surface area contributed by atoms with Gasteiger partial charge in [-0.15, -0.1) is 0 Å². The van der Waals surface area contributed by atoms with Crippen molar-refractivity contribution in [2.75, 3.05) is 13.6 Å². The lowest BCUT2D eigenvalue weighted by atomic mass is 10.2. The fraction of sp³-hybridized carbons (Fsp3) is 0.500. The molecule has 0 fully saturated rings. The van der Waals surface area contributed by atoms with E-state index >= 15 is 0 Å². The highest BCUT2D eigenvalue weighted by Gasteiger charge is 2.24. The van der Waals surface area contributed by atoms with Crippen molar-refractivity contribution in [2.45, 2.75) is 46.1 Å². The summed E-state index contributed by atoms with van der Waals surface area (Å²) < 4.78 is 8.53. The number of carbonyl (C=O) groups excluding carboxylic acids is 1. The normalized spacial score (nSPS) is 12.8. The maximum absolute atomic E-state index is 12.9. The Hall–Kier alpha value is -2.57. The Morgan fingerprint density at radius 2 is 2.12 bits per heavy atom. The standard InChI is InChI=1S/C18H24N4O3/c1-5-7-9-20(4)17(23)12(3)22-18(24)14-11-15-13(8-10-25-15)21(14)16(6-2)19-22/h8,10-12H,5-7,9H2,1-4H3. The molecule has 3 heterocycles. The molecule has 0 aliphatic rings. The highest BCUT2D eigenvalue weighted by atomic mass is 16.3. The smallest absolute Gasteiger partial charge is 0.291 e. The van der Waals surface area contributed by atoms with Crippen LogP contribution in [0.25, 0.3) is 16.6 Å². The fourth-order valence-electron chi connectivity index (χ4n) is 3.11. The van der Waals surface area contributed by atoms with Gasteiger partial charge in [0.15, 0.2) is 5.58 Å². The van der Waals surface area contributed by atoms with E-state index < -0.39 is 6.04 Å². The third kappa shape index (κ3) is 2.83. The van der Waals surface area contributed by atoms with Crippen molar-refractivity contribution >= 4 is 22.5 Å². The fourth-order valence-corrected chi connectivity index (χ4v) is 3.11. The number of aromatic nitrogens is 3. The summed E-state index contributed by atoms with van der Waals surface area (Å²) >= 11 is 0. The van der Waals surface area contributed by atoms with E-state index in [4.69, 9.17) is 4.42 Å². The van der Waals surface area contributed by atoms with E-state index in [1.807, 2.05) is 17.4 Å². The Labute approximate surface area is 145 Å². The monoisotopic (exact) mass is 344 g/mol. The van der Waals surface area contributed by atoms with Crippen LogP contribution in [0.5, 0.6) is 0 Å². The number of hydrogen-bond donors (Lipinski definition) is 0. The van der Waals surface area contributed by atoms with Crippen LogP contribution in [-0.2, 0) is 11.2 Å². The van der Waals surface area contributed by atoms with Gasteiger partial charge in [-0.25, -0.2) is 4.68 Å². The second kappa shape index (κ2) is 6.74. The number of fused-ring (bicyclic) bond motifs is 3. The summed E-state index contributed by atoms with van der Waals surface area (Å²) in [5, 5.41) is 4.48. The SMILES string of the molecule is CCCCN(C)C(=O)C(C)n1nc(CC)n2c(cc3occc32)c1=O. The summed E-state index contributed by atoms with van der Waals surface area (Å²) in [6, 6.07) is 2.89. The first kappa shape index (κ1) is 17.3. The average Bonchev–Trinajstić information content (AvgIpc) is 3.20. The van der Waals surface area contributed by atoms with Crippen LogP contribution < -0.4 is 5.56 Å². The molecule has 3 rings (SSSR count). The van der Waals surface area contributed by atoms with Gasteiger partial charge in [-0.1, -0.05) is 20.3 Å². The molecule has 1 atom stereocenters. The van der Waals surface area contributed by atoms with Crippen LogP contribution in [-0.4, -0.2) is 38.6 Å². The molecule has 25 heavy (non-hydrogen) atoms. The minimum atomic E-state index is -0.647. The van der Waals surface area contributed by atoms with E-state index in [9.17, 15) is 9.59 Å². The topological polar surface area (TPSA) is 72.8 Å². The zero-order valence-electron chi connectivity index (χ0n) is 15.2. The van der Waals surface area contributed by atoms with Gasteiger partial charge in [-0.3, -0.25) is 14.0 Å². The second-order valence-corrected chi connectivity index (χ2v) is 6.34. The third-order valence-electron chi connectivity index (χ3n) is 4.60. The molecule has 1 amide bonds. The molecule has 0 aromatic carbocycles. The lowest BCUT2D eigenvalue weighted by Gasteiger charge is -2.22. The number of hydrogen-bond acceptors (Lipinski definition) is 4. The molecule has 3 aromatic heterocycles. The largest absolute Gasteiger partial charge is 0.463 e. The van der Waals surface area contributed by atoms with Crippen LogP contribution in [0.1, 0.15) is 45.5 Å². The summed E-state index contributed by atoms with van der Waals surface area (Å²) in [7, 11) is 1.77. The van der Waals surface area contributed by atoms with Crippen molar-refractivity contribution in [1.82, 2.24) is 19.1 Å². The van der Waals surface area contributed by atoms with Crippen molar-refractivity contribution in [3.8, 4) is 0 Å². The first-order chi connectivity index (χ1) is 12.0. The van der Waals surface area contributed by atoms with E-state index in [2.05, 4.69) is 12.0 Å². The van der Waals surface area contributed by atoms with Crippen LogP contribution >= 0.6 is 0 Å². The molecule has 0 bridgehead atoms. The zero-order chi connectivity index (χ0) is 18.1. The molecule has 1 unspecified atom stereocenters. The van der Waals surface area contributed by atoms with Crippen LogP contribution in [0.15, 0.2) is 27.6 Å². The number of unbranched alkanes of at least 4 members (excludes halogenated alkanes) is 1. The van der Waals surface area contributed by atoms with Crippen molar-refractivity contribution in [2.24, 2.45) is 0 Å². The minimum absolute atomic E-state index is 0.107. The van der Waals surface area contributed by atoms with Crippen LogP contribution in [0, 0.1) is 0 Å². The summed E-state index contributed by atoms with van der Waals surface area (Å²) in [6.45, 7) is 6.46. The first-order valence-electron chi connectivity index (χ1n) is 8.74. The summed E-state index contributed by atoms with van der Waals surface area (Å²) in [5.74, 6) is 0.617. The lowest BCUT2D eigenvalue weighted by molar-refractivity contribution is -0.133.